The molecule has 4 atom stereocenters. The van der Waals surface area contributed by atoms with E-state index in [4.69, 9.17) is 18.9 Å². The first kappa shape index (κ1) is 19.5. The average Bonchev–Trinajstić information content (AvgIpc) is 3.16. The summed E-state index contributed by atoms with van der Waals surface area (Å²) in [5.74, 6) is -1.83. The average molecular weight is 394 g/mol. The Hall–Kier alpha value is -3.28. The molecule has 0 unspecified atom stereocenters. The Labute approximate surface area is 157 Å². The molecule has 0 aliphatic carbocycles. The molecule has 0 amide bonds. The van der Waals surface area contributed by atoms with Crippen molar-refractivity contribution in [1.82, 2.24) is 20.2 Å². The summed E-state index contributed by atoms with van der Waals surface area (Å²) in [5.41, 5.74) is 0.0353. The predicted molar refractivity (Wildman–Crippen MR) is 89.9 cm³/mol. The highest BCUT2D eigenvalue weighted by molar-refractivity contribution is 5.76. The van der Waals surface area contributed by atoms with E-state index in [-0.39, 0.29) is 23.3 Å². The van der Waals surface area contributed by atoms with Crippen molar-refractivity contribution in [2.75, 3.05) is 6.61 Å². The van der Waals surface area contributed by atoms with Crippen molar-refractivity contribution in [3.8, 4) is 0 Å². The van der Waals surface area contributed by atoms with E-state index in [1.807, 2.05) is 0 Å². The number of ether oxygens (including phenoxy) is 4. The van der Waals surface area contributed by atoms with E-state index in [1.165, 1.54) is 27.1 Å². The summed E-state index contributed by atoms with van der Waals surface area (Å²) >= 11 is 0. The lowest BCUT2D eigenvalue weighted by Gasteiger charge is -2.23. The summed E-state index contributed by atoms with van der Waals surface area (Å²) in [4.78, 5) is 52.7. The minimum atomic E-state index is -1.08. The van der Waals surface area contributed by atoms with Gasteiger partial charge >= 0.3 is 17.9 Å². The molecule has 2 aromatic rings. The first-order chi connectivity index (χ1) is 13.3. The molecule has 0 saturated carbocycles. The number of esters is 3. The van der Waals surface area contributed by atoms with Crippen molar-refractivity contribution >= 4 is 28.9 Å². The van der Waals surface area contributed by atoms with E-state index in [1.54, 1.807) is 0 Å². The van der Waals surface area contributed by atoms with Gasteiger partial charge in [-0.25, -0.2) is 4.98 Å². The topological polar surface area (TPSA) is 163 Å². The molecule has 3 rings (SSSR count). The van der Waals surface area contributed by atoms with E-state index in [2.05, 4.69) is 20.2 Å². The van der Waals surface area contributed by atoms with Gasteiger partial charge < -0.3 is 23.9 Å². The van der Waals surface area contributed by atoms with E-state index in [0.29, 0.717) is 0 Å². The van der Waals surface area contributed by atoms with Gasteiger partial charge in [0, 0.05) is 20.8 Å². The monoisotopic (exact) mass is 394 g/mol. The molecule has 150 valence electrons. The van der Waals surface area contributed by atoms with Crippen LogP contribution in [0.15, 0.2) is 11.1 Å². The van der Waals surface area contributed by atoms with Crippen molar-refractivity contribution in [3.05, 3.63) is 22.4 Å². The lowest BCUT2D eigenvalue weighted by Crippen LogP contribution is -2.40. The van der Waals surface area contributed by atoms with Gasteiger partial charge in [0.05, 0.1) is 12.0 Å². The fourth-order valence-electron chi connectivity index (χ4n) is 3.01. The molecule has 0 spiro atoms. The zero-order chi connectivity index (χ0) is 20.4. The van der Waals surface area contributed by atoms with Crippen molar-refractivity contribution in [3.63, 3.8) is 0 Å². The number of nitrogens with zero attached hydrogens (tertiary/aromatic N) is 2. The molecule has 1 aliphatic rings. The Morgan fingerprint density at radius 3 is 2.39 bits per heavy atom. The highest BCUT2D eigenvalue weighted by atomic mass is 16.6. The minimum Gasteiger partial charge on any atom is -0.463 e. The van der Waals surface area contributed by atoms with Crippen LogP contribution in [0, 0.1) is 0 Å². The predicted octanol–water partition coefficient (Wildman–Crippen LogP) is -0.487. The third kappa shape index (κ3) is 3.86. The van der Waals surface area contributed by atoms with Crippen LogP contribution in [0.3, 0.4) is 0 Å². The van der Waals surface area contributed by atoms with Crippen LogP contribution in [0.25, 0.3) is 11.0 Å². The third-order valence-corrected chi connectivity index (χ3v) is 4.02. The maximum Gasteiger partial charge on any atom is 0.303 e. The summed E-state index contributed by atoms with van der Waals surface area (Å²) in [6.45, 7) is 3.36. The van der Waals surface area contributed by atoms with Crippen LogP contribution in [0.4, 0.5) is 0 Å². The van der Waals surface area contributed by atoms with Gasteiger partial charge in [0.25, 0.3) is 5.56 Å². The second-order valence-electron chi connectivity index (χ2n) is 6.11. The van der Waals surface area contributed by atoms with E-state index in [0.717, 1.165) is 0 Å². The Morgan fingerprint density at radius 1 is 1.07 bits per heavy atom. The van der Waals surface area contributed by atoms with Crippen LogP contribution >= 0.6 is 0 Å². The molecule has 0 aromatic carbocycles. The Bertz CT molecular complexity index is 967. The van der Waals surface area contributed by atoms with Crippen LogP contribution < -0.4 is 5.56 Å². The number of hydrogen-bond donors (Lipinski definition) is 2. The molecule has 0 radical (unpaired) electrons. The maximum atomic E-state index is 11.9. The number of nitrogens with one attached hydrogen (secondary N) is 2. The second kappa shape index (κ2) is 7.76. The van der Waals surface area contributed by atoms with Crippen molar-refractivity contribution in [1.29, 1.82) is 0 Å². The molecule has 3 heterocycles. The zero-order valence-electron chi connectivity index (χ0n) is 15.3. The molecule has 1 aliphatic heterocycles. The molecule has 28 heavy (non-hydrogen) atoms. The van der Waals surface area contributed by atoms with Gasteiger partial charge in [-0.2, -0.15) is 5.10 Å². The standard InChI is InChI=1S/C16H18N4O8/c1-6(21)25-4-9-13(26-7(2)22)15(27-8(3)23)14(28-9)11-10-12(20-19-11)16(24)18-5-17-10/h5,9,13-15H,4H2,1-3H3,(H,19,20)(H,17,18,24)/t9-,13+,14-,15-/m0/s1. The molecule has 1 fully saturated rings. The molecule has 2 N–H and O–H groups in total. The summed E-state index contributed by atoms with van der Waals surface area (Å²) in [7, 11) is 0. The van der Waals surface area contributed by atoms with Crippen LogP contribution in [0.5, 0.6) is 0 Å². The second-order valence-corrected chi connectivity index (χ2v) is 6.11. The fraction of sp³-hybridized carbons (Fsp3) is 0.500. The van der Waals surface area contributed by atoms with Gasteiger partial charge in [-0.05, 0) is 0 Å². The summed E-state index contributed by atoms with van der Waals surface area (Å²) in [6.07, 6.45) is -2.84. The van der Waals surface area contributed by atoms with E-state index >= 15 is 0 Å². The number of carbonyl (C=O) groups excluding carboxylic acids is 3. The number of carbonyl (C=O) groups is 3. The molecular formula is C16H18N4O8. The van der Waals surface area contributed by atoms with Gasteiger partial charge in [-0.3, -0.25) is 24.3 Å². The highest BCUT2D eigenvalue weighted by Gasteiger charge is 2.51. The number of aromatic nitrogens is 4. The number of H-pyrrole nitrogens is 2. The molecule has 1 saturated heterocycles. The Kier molecular flexibility index (Phi) is 5.40. The normalized spacial score (nSPS) is 24.1. The lowest BCUT2D eigenvalue weighted by molar-refractivity contribution is -0.165. The molecular weight excluding hydrogens is 376 g/mol. The van der Waals surface area contributed by atoms with Gasteiger partial charge in [-0.1, -0.05) is 0 Å². The van der Waals surface area contributed by atoms with Crippen LogP contribution in [-0.4, -0.2) is 63.0 Å². The first-order valence-electron chi connectivity index (χ1n) is 8.32. The largest absolute Gasteiger partial charge is 0.463 e. The van der Waals surface area contributed by atoms with Crippen LogP contribution in [-0.2, 0) is 33.3 Å². The fourth-order valence-corrected chi connectivity index (χ4v) is 3.01. The lowest BCUT2D eigenvalue weighted by atomic mass is 10.0. The van der Waals surface area contributed by atoms with Crippen molar-refractivity contribution < 1.29 is 33.3 Å². The van der Waals surface area contributed by atoms with Crippen LogP contribution in [0.1, 0.15) is 32.6 Å². The SMILES string of the molecule is CC(=O)OC[C@@H]1O[C@@H](c2[nH]nc3c(=O)[nH]cnc23)[C@@H](OC(C)=O)[C@@H]1OC(C)=O. The molecule has 2 aromatic heterocycles. The molecule has 12 nitrogen and oxygen atoms in total. The highest BCUT2D eigenvalue weighted by Crippen LogP contribution is 2.38. The third-order valence-electron chi connectivity index (χ3n) is 4.02. The van der Waals surface area contributed by atoms with E-state index in [9.17, 15) is 19.2 Å². The summed E-state index contributed by atoms with van der Waals surface area (Å²) in [5, 5.41) is 6.58. The van der Waals surface area contributed by atoms with Crippen molar-refractivity contribution in [2.45, 2.75) is 45.2 Å². The summed E-state index contributed by atoms with van der Waals surface area (Å²) < 4.78 is 21.5. The zero-order valence-corrected chi connectivity index (χ0v) is 15.3. The number of rotatable bonds is 5. The van der Waals surface area contributed by atoms with Crippen molar-refractivity contribution in [2.24, 2.45) is 0 Å². The number of aromatic amines is 2. The number of fused-ring (bicyclic) bond motifs is 1. The van der Waals surface area contributed by atoms with Gasteiger partial charge in [0.15, 0.2) is 17.7 Å². The Balaban J connectivity index is 2.02. The molecule has 12 heteroatoms. The summed E-state index contributed by atoms with van der Waals surface area (Å²) in [6, 6.07) is 0. The quantitative estimate of drug-likeness (QED) is 0.500. The van der Waals surface area contributed by atoms with Gasteiger partial charge in [0.2, 0.25) is 0 Å². The van der Waals surface area contributed by atoms with Crippen LogP contribution in [0.2, 0.25) is 0 Å². The van der Waals surface area contributed by atoms with Gasteiger partial charge in [0.1, 0.15) is 24.3 Å². The molecule has 0 bridgehead atoms. The Morgan fingerprint density at radius 2 is 1.75 bits per heavy atom. The minimum absolute atomic E-state index is 0.0372. The van der Waals surface area contributed by atoms with E-state index < -0.39 is 47.9 Å². The smallest absolute Gasteiger partial charge is 0.303 e. The number of hydrogen-bond acceptors (Lipinski definition) is 10. The van der Waals surface area contributed by atoms with Gasteiger partial charge in [-0.15, -0.1) is 0 Å². The maximum absolute atomic E-state index is 11.9. The first-order valence-corrected chi connectivity index (χ1v) is 8.32.